The van der Waals surface area contributed by atoms with Gasteiger partial charge in [0.1, 0.15) is 0 Å². The van der Waals surface area contributed by atoms with Crippen molar-refractivity contribution < 1.29 is 22.8 Å². The third kappa shape index (κ3) is 4.98. The summed E-state index contributed by atoms with van der Waals surface area (Å²) in [6.45, 7) is -0.132. The van der Waals surface area contributed by atoms with Crippen LogP contribution in [0.3, 0.4) is 0 Å². The third-order valence-electron chi connectivity index (χ3n) is 2.08. The van der Waals surface area contributed by atoms with E-state index in [-0.39, 0.29) is 5.92 Å². The zero-order valence-electron chi connectivity index (χ0n) is 8.06. The average Bonchev–Trinajstić information content (AvgIpc) is 2.17. The van der Waals surface area contributed by atoms with Gasteiger partial charge in [-0.15, -0.1) is 0 Å². The molecule has 2 N–H and O–H groups in total. The molecular weight excluding hydrogens is 213 g/mol. The average molecular weight is 226 g/mol. The molecule has 1 aliphatic heterocycles. The van der Waals surface area contributed by atoms with E-state index < -0.39 is 18.7 Å². The summed E-state index contributed by atoms with van der Waals surface area (Å²) < 4.78 is 35.0. The van der Waals surface area contributed by atoms with Crippen molar-refractivity contribution in [2.45, 2.75) is 19.0 Å². The second-order valence-electron chi connectivity index (χ2n) is 3.41. The first-order chi connectivity index (χ1) is 6.99. The molecule has 0 saturated carbocycles. The van der Waals surface area contributed by atoms with Gasteiger partial charge in [0.2, 0.25) is 5.91 Å². The summed E-state index contributed by atoms with van der Waals surface area (Å²) in [7, 11) is 0. The lowest BCUT2D eigenvalue weighted by atomic mass is 9.99. The van der Waals surface area contributed by atoms with Crippen molar-refractivity contribution >= 4 is 5.91 Å². The fourth-order valence-corrected chi connectivity index (χ4v) is 1.35. The van der Waals surface area contributed by atoms with Gasteiger partial charge in [-0.1, -0.05) is 0 Å². The van der Waals surface area contributed by atoms with E-state index >= 15 is 0 Å². The van der Waals surface area contributed by atoms with Gasteiger partial charge in [0.25, 0.3) is 0 Å². The highest BCUT2D eigenvalue weighted by Crippen LogP contribution is 2.14. The molecule has 0 aliphatic carbocycles. The maximum Gasteiger partial charge on any atom is 0.414 e. The Kier molecular flexibility index (Phi) is 4.34. The van der Waals surface area contributed by atoms with E-state index in [0.29, 0.717) is 13.0 Å². The number of hydrogen-bond acceptors (Lipinski definition) is 3. The van der Waals surface area contributed by atoms with Gasteiger partial charge >= 0.3 is 6.18 Å². The van der Waals surface area contributed by atoms with E-state index in [0.717, 1.165) is 13.0 Å². The number of piperidine rings is 1. The number of nitrogens with one attached hydrogen (secondary N) is 2. The molecule has 0 aromatic carbocycles. The minimum Gasteiger partial charge on any atom is -0.316 e. The first kappa shape index (κ1) is 12.3. The highest BCUT2D eigenvalue weighted by molar-refractivity contribution is 5.77. The molecule has 1 rings (SSSR count). The molecule has 0 aromatic rings. The Balaban J connectivity index is 2.17. The predicted octanol–water partition coefficient (Wildman–Crippen LogP) is 0.596. The summed E-state index contributed by atoms with van der Waals surface area (Å²) in [6, 6.07) is 0. The number of hydrogen-bond donors (Lipinski definition) is 2. The minimum atomic E-state index is -4.42. The number of carbonyl (C=O) groups is 1. The lowest BCUT2D eigenvalue weighted by Gasteiger charge is -2.21. The topological polar surface area (TPSA) is 50.4 Å². The summed E-state index contributed by atoms with van der Waals surface area (Å²) in [5.74, 6) is -0.793. The van der Waals surface area contributed by atoms with Crippen LogP contribution in [0, 0.1) is 5.92 Å². The van der Waals surface area contributed by atoms with Crippen LogP contribution in [0.15, 0.2) is 0 Å². The number of amides is 1. The van der Waals surface area contributed by atoms with Crippen molar-refractivity contribution in [2.24, 2.45) is 5.92 Å². The summed E-state index contributed by atoms with van der Waals surface area (Å²) in [6.07, 6.45) is -2.90. The fourth-order valence-electron chi connectivity index (χ4n) is 1.35. The molecule has 1 fully saturated rings. The highest BCUT2D eigenvalue weighted by Gasteiger charge is 2.29. The molecule has 1 amide bonds. The molecule has 1 atom stereocenters. The van der Waals surface area contributed by atoms with Gasteiger partial charge < -0.3 is 5.32 Å². The van der Waals surface area contributed by atoms with Crippen LogP contribution in [0.2, 0.25) is 0 Å². The standard InChI is InChI=1S/C8H13F3N2O2/c9-8(10,11)5-15-13-7(14)6-2-1-3-12-4-6/h6,12H,1-5H2,(H,13,14). The van der Waals surface area contributed by atoms with Crippen molar-refractivity contribution in [1.82, 2.24) is 10.8 Å². The lowest BCUT2D eigenvalue weighted by Crippen LogP contribution is -2.41. The Morgan fingerprint density at radius 2 is 2.27 bits per heavy atom. The Morgan fingerprint density at radius 3 is 2.80 bits per heavy atom. The molecule has 0 spiro atoms. The van der Waals surface area contributed by atoms with Crippen molar-refractivity contribution in [3.63, 3.8) is 0 Å². The Hall–Kier alpha value is -0.820. The van der Waals surface area contributed by atoms with E-state index in [1.54, 1.807) is 0 Å². The molecule has 88 valence electrons. The van der Waals surface area contributed by atoms with Crippen LogP contribution in [0.5, 0.6) is 0 Å². The molecule has 4 nitrogen and oxygen atoms in total. The number of hydroxylamine groups is 1. The zero-order valence-corrected chi connectivity index (χ0v) is 8.06. The first-order valence-corrected chi connectivity index (χ1v) is 4.68. The number of alkyl halides is 3. The Bertz CT molecular complexity index is 214. The number of halogens is 3. The van der Waals surface area contributed by atoms with Gasteiger partial charge in [-0.05, 0) is 19.4 Å². The summed E-state index contributed by atoms with van der Waals surface area (Å²) >= 11 is 0. The van der Waals surface area contributed by atoms with Gasteiger partial charge in [-0.3, -0.25) is 9.63 Å². The first-order valence-electron chi connectivity index (χ1n) is 4.68. The van der Waals surface area contributed by atoms with Gasteiger partial charge in [0.15, 0.2) is 6.61 Å². The van der Waals surface area contributed by atoms with Gasteiger partial charge in [0.05, 0.1) is 5.92 Å². The molecule has 0 aromatic heterocycles. The van der Waals surface area contributed by atoms with Gasteiger partial charge in [-0.2, -0.15) is 13.2 Å². The van der Waals surface area contributed by atoms with E-state index in [1.165, 1.54) is 0 Å². The van der Waals surface area contributed by atoms with Crippen molar-refractivity contribution in [3.8, 4) is 0 Å². The second-order valence-corrected chi connectivity index (χ2v) is 3.41. The van der Waals surface area contributed by atoms with Crippen LogP contribution in [0.25, 0.3) is 0 Å². The van der Waals surface area contributed by atoms with Gasteiger partial charge in [-0.25, -0.2) is 5.48 Å². The van der Waals surface area contributed by atoms with E-state index in [1.807, 2.05) is 5.48 Å². The fraction of sp³-hybridized carbons (Fsp3) is 0.875. The predicted molar refractivity (Wildman–Crippen MR) is 45.7 cm³/mol. The van der Waals surface area contributed by atoms with Crippen molar-refractivity contribution in [1.29, 1.82) is 0 Å². The Morgan fingerprint density at radius 1 is 1.53 bits per heavy atom. The molecular formula is C8H13F3N2O2. The largest absolute Gasteiger partial charge is 0.414 e. The van der Waals surface area contributed by atoms with Crippen molar-refractivity contribution in [2.75, 3.05) is 19.7 Å². The highest BCUT2D eigenvalue weighted by atomic mass is 19.4. The SMILES string of the molecule is O=C(NOCC(F)(F)F)C1CCCNC1. The van der Waals surface area contributed by atoms with Crippen molar-refractivity contribution in [3.05, 3.63) is 0 Å². The molecule has 1 saturated heterocycles. The second kappa shape index (κ2) is 5.32. The summed E-state index contributed by atoms with van der Waals surface area (Å²) in [5, 5.41) is 2.98. The quantitative estimate of drug-likeness (QED) is 0.693. The molecule has 0 radical (unpaired) electrons. The van der Waals surface area contributed by atoms with Crippen LogP contribution in [0.1, 0.15) is 12.8 Å². The Labute approximate surface area is 85.1 Å². The zero-order chi connectivity index (χ0) is 11.3. The molecule has 0 bridgehead atoms. The van der Waals surface area contributed by atoms with Crippen LogP contribution in [-0.2, 0) is 9.63 Å². The van der Waals surface area contributed by atoms with Gasteiger partial charge in [0, 0.05) is 6.54 Å². The molecule has 15 heavy (non-hydrogen) atoms. The summed E-state index contributed by atoms with van der Waals surface area (Å²) in [5.41, 5.74) is 1.81. The van der Waals surface area contributed by atoms with E-state index in [9.17, 15) is 18.0 Å². The third-order valence-corrected chi connectivity index (χ3v) is 2.08. The number of carbonyl (C=O) groups excluding carboxylic acids is 1. The maximum absolute atomic E-state index is 11.7. The van der Waals surface area contributed by atoms with Crippen LogP contribution in [0.4, 0.5) is 13.2 Å². The van der Waals surface area contributed by atoms with Crippen LogP contribution < -0.4 is 10.8 Å². The molecule has 1 aliphatic rings. The lowest BCUT2D eigenvalue weighted by molar-refractivity contribution is -0.192. The molecule has 1 unspecified atom stereocenters. The minimum absolute atomic E-state index is 0.299. The monoisotopic (exact) mass is 226 g/mol. The van der Waals surface area contributed by atoms with E-state index in [2.05, 4.69) is 10.2 Å². The smallest absolute Gasteiger partial charge is 0.316 e. The van der Waals surface area contributed by atoms with Crippen LogP contribution in [-0.4, -0.2) is 31.8 Å². The maximum atomic E-state index is 11.7. The normalized spacial score (nSPS) is 22.5. The van der Waals surface area contributed by atoms with E-state index in [4.69, 9.17) is 0 Å². The summed E-state index contributed by atoms with van der Waals surface area (Å²) in [4.78, 5) is 15.3. The molecule has 1 heterocycles. The molecule has 7 heteroatoms. The number of rotatable bonds is 3. The van der Waals surface area contributed by atoms with Crippen LogP contribution >= 0.6 is 0 Å².